The molecule has 0 aromatic heterocycles. The number of nitrogens with one attached hydrogen (secondary N) is 2. The molecule has 22 heavy (non-hydrogen) atoms. The average Bonchev–Trinajstić information content (AvgIpc) is 2.53. The summed E-state index contributed by atoms with van der Waals surface area (Å²) in [5, 5.41) is 6.93. The molecule has 2 N–H and O–H groups in total. The minimum absolute atomic E-state index is 0.940. The highest BCUT2D eigenvalue weighted by Crippen LogP contribution is 2.07. The number of guanidine groups is 1. The van der Waals surface area contributed by atoms with E-state index in [-0.39, 0.29) is 0 Å². The molecule has 3 heteroatoms. The summed E-state index contributed by atoms with van der Waals surface area (Å²) in [5.41, 5.74) is 0. The van der Waals surface area contributed by atoms with Crippen LogP contribution in [-0.2, 0) is 0 Å². The van der Waals surface area contributed by atoms with Gasteiger partial charge >= 0.3 is 0 Å². The van der Waals surface area contributed by atoms with Crippen LogP contribution < -0.4 is 10.6 Å². The first-order chi connectivity index (χ1) is 10.8. The number of nitrogens with zero attached hydrogens (tertiary/aromatic N) is 1. The van der Waals surface area contributed by atoms with Crippen molar-refractivity contribution in [1.29, 1.82) is 0 Å². The van der Waals surface area contributed by atoms with E-state index in [1.165, 1.54) is 77.0 Å². The van der Waals surface area contributed by atoms with Crippen molar-refractivity contribution in [3.05, 3.63) is 0 Å². The molecule has 0 atom stereocenters. The summed E-state index contributed by atoms with van der Waals surface area (Å²) >= 11 is 0. The summed E-state index contributed by atoms with van der Waals surface area (Å²) in [7, 11) is 0. The van der Waals surface area contributed by atoms with Crippen molar-refractivity contribution >= 4 is 5.96 Å². The number of hydrogen-bond acceptors (Lipinski definition) is 1. The maximum absolute atomic E-state index is 4.65. The first-order valence-corrected chi connectivity index (χ1v) is 9.87. The van der Waals surface area contributed by atoms with Crippen LogP contribution in [0.2, 0.25) is 0 Å². The fraction of sp³-hybridized carbons (Fsp3) is 0.947. The van der Waals surface area contributed by atoms with Crippen molar-refractivity contribution < 1.29 is 0 Å². The monoisotopic (exact) mass is 311 g/mol. The lowest BCUT2D eigenvalue weighted by molar-refractivity contribution is 0.571. The topological polar surface area (TPSA) is 36.4 Å². The lowest BCUT2D eigenvalue weighted by atomic mass is 10.1. The Kier molecular flexibility index (Phi) is 17.7. The molecule has 0 fully saturated rings. The van der Waals surface area contributed by atoms with E-state index >= 15 is 0 Å². The van der Waals surface area contributed by atoms with Crippen LogP contribution in [0.1, 0.15) is 97.8 Å². The third kappa shape index (κ3) is 15.7. The fourth-order valence-corrected chi connectivity index (χ4v) is 2.37. The molecule has 0 spiro atoms. The Morgan fingerprint density at radius 3 is 1.68 bits per heavy atom. The molecule has 0 saturated carbocycles. The first-order valence-electron chi connectivity index (χ1n) is 9.87. The quantitative estimate of drug-likeness (QED) is 0.246. The van der Waals surface area contributed by atoms with Crippen molar-refractivity contribution in [3.63, 3.8) is 0 Å². The SMILES string of the molecule is CCCCCCCCCCNC(=NCCCC)NCCCC. The van der Waals surface area contributed by atoms with Crippen LogP contribution in [0, 0.1) is 0 Å². The third-order valence-corrected chi connectivity index (χ3v) is 3.93. The second-order valence-corrected chi connectivity index (χ2v) is 6.27. The standard InChI is InChI=1S/C19H41N3/c1-4-7-10-11-12-13-14-15-18-22-19(20-16-8-5-2)21-17-9-6-3/h4-18H2,1-3H3,(H2,20,21,22). The predicted molar refractivity (Wildman–Crippen MR) is 101 cm³/mol. The Bertz CT molecular complexity index is 239. The Morgan fingerprint density at radius 2 is 1.09 bits per heavy atom. The Hall–Kier alpha value is -0.730. The zero-order valence-electron chi connectivity index (χ0n) is 15.6. The van der Waals surface area contributed by atoms with Crippen LogP contribution in [0.3, 0.4) is 0 Å². The van der Waals surface area contributed by atoms with Crippen molar-refractivity contribution in [2.45, 2.75) is 97.8 Å². The van der Waals surface area contributed by atoms with E-state index in [9.17, 15) is 0 Å². The van der Waals surface area contributed by atoms with Crippen LogP contribution in [0.5, 0.6) is 0 Å². The molecule has 0 saturated heterocycles. The molecule has 0 unspecified atom stereocenters. The van der Waals surface area contributed by atoms with Crippen LogP contribution >= 0.6 is 0 Å². The second-order valence-electron chi connectivity index (χ2n) is 6.27. The van der Waals surface area contributed by atoms with Gasteiger partial charge in [0.25, 0.3) is 0 Å². The molecular weight excluding hydrogens is 270 g/mol. The minimum Gasteiger partial charge on any atom is -0.356 e. The van der Waals surface area contributed by atoms with Crippen molar-refractivity contribution in [2.24, 2.45) is 4.99 Å². The minimum atomic E-state index is 0.940. The van der Waals surface area contributed by atoms with E-state index in [0.717, 1.165) is 25.6 Å². The molecule has 0 aliphatic carbocycles. The van der Waals surface area contributed by atoms with Gasteiger partial charge in [-0.1, -0.05) is 78.6 Å². The zero-order valence-corrected chi connectivity index (χ0v) is 15.6. The second kappa shape index (κ2) is 18.3. The van der Waals surface area contributed by atoms with E-state index in [1.54, 1.807) is 0 Å². The van der Waals surface area contributed by atoms with Gasteiger partial charge in [-0.2, -0.15) is 0 Å². The van der Waals surface area contributed by atoms with Crippen molar-refractivity contribution in [1.82, 2.24) is 10.6 Å². The highest BCUT2D eigenvalue weighted by molar-refractivity contribution is 5.79. The van der Waals surface area contributed by atoms with Crippen LogP contribution in [0.15, 0.2) is 4.99 Å². The Balaban J connectivity index is 3.62. The maximum Gasteiger partial charge on any atom is 0.191 e. The summed E-state index contributed by atoms with van der Waals surface area (Å²) in [6, 6.07) is 0. The lowest BCUT2D eigenvalue weighted by Crippen LogP contribution is -2.38. The van der Waals surface area contributed by atoms with Gasteiger partial charge in [0.15, 0.2) is 5.96 Å². The van der Waals surface area contributed by atoms with Crippen LogP contribution in [0.25, 0.3) is 0 Å². The molecular formula is C19H41N3. The molecule has 3 nitrogen and oxygen atoms in total. The third-order valence-electron chi connectivity index (χ3n) is 3.93. The summed E-state index contributed by atoms with van der Waals surface area (Å²) in [6.45, 7) is 9.75. The number of unbranched alkanes of at least 4 members (excludes halogenated alkanes) is 9. The normalized spacial score (nSPS) is 11.7. The highest BCUT2D eigenvalue weighted by atomic mass is 15.2. The van der Waals surface area contributed by atoms with Crippen molar-refractivity contribution in [2.75, 3.05) is 19.6 Å². The molecule has 0 rings (SSSR count). The van der Waals surface area contributed by atoms with Gasteiger partial charge in [0.05, 0.1) is 0 Å². The Labute approximate surface area is 139 Å². The maximum atomic E-state index is 4.65. The molecule has 0 radical (unpaired) electrons. The number of rotatable bonds is 15. The van der Waals surface area contributed by atoms with Crippen LogP contribution in [0.4, 0.5) is 0 Å². The molecule has 0 heterocycles. The molecule has 132 valence electrons. The van der Waals surface area contributed by atoms with E-state index in [4.69, 9.17) is 0 Å². The van der Waals surface area contributed by atoms with Gasteiger partial charge in [0.2, 0.25) is 0 Å². The van der Waals surface area contributed by atoms with Gasteiger partial charge in [0, 0.05) is 19.6 Å². The van der Waals surface area contributed by atoms with Gasteiger partial charge in [-0.05, 0) is 19.3 Å². The molecule has 0 aromatic rings. The summed E-state index contributed by atoms with van der Waals surface area (Å²) in [5.74, 6) is 1.02. The lowest BCUT2D eigenvalue weighted by Gasteiger charge is -2.12. The van der Waals surface area contributed by atoms with E-state index < -0.39 is 0 Å². The van der Waals surface area contributed by atoms with E-state index in [0.29, 0.717) is 0 Å². The number of hydrogen-bond donors (Lipinski definition) is 2. The Morgan fingerprint density at radius 1 is 0.591 bits per heavy atom. The van der Waals surface area contributed by atoms with E-state index in [2.05, 4.69) is 36.4 Å². The molecule has 0 bridgehead atoms. The zero-order chi connectivity index (χ0) is 16.3. The molecule has 0 amide bonds. The molecule has 0 aromatic carbocycles. The highest BCUT2D eigenvalue weighted by Gasteiger charge is 1.97. The first kappa shape index (κ1) is 21.3. The van der Waals surface area contributed by atoms with E-state index in [1.807, 2.05) is 0 Å². The fourth-order valence-electron chi connectivity index (χ4n) is 2.37. The van der Waals surface area contributed by atoms with Crippen molar-refractivity contribution in [3.8, 4) is 0 Å². The van der Waals surface area contributed by atoms with Gasteiger partial charge in [-0.15, -0.1) is 0 Å². The smallest absolute Gasteiger partial charge is 0.191 e. The average molecular weight is 312 g/mol. The summed E-state index contributed by atoms with van der Waals surface area (Å²) < 4.78 is 0. The summed E-state index contributed by atoms with van der Waals surface area (Å²) in [4.78, 5) is 4.65. The summed E-state index contributed by atoms with van der Waals surface area (Å²) in [6.07, 6.45) is 15.8. The van der Waals surface area contributed by atoms with Gasteiger partial charge < -0.3 is 10.6 Å². The largest absolute Gasteiger partial charge is 0.356 e. The van der Waals surface area contributed by atoms with Gasteiger partial charge in [0.1, 0.15) is 0 Å². The molecule has 0 aliphatic rings. The number of aliphatic imine (C=N–C) groups is 1. The molecule has 0 aliphatic heterocycles. The van der Waals surface area contributed by atoms with Crippen LogP contribution in [-0.4, -0.2) is 25.6 Å². The van der Waals surface area contributed by atoms with Gasteiger partial charge in [-0.25, -0.2) is 0 Å². The predicted octanol–water partition coefficient (Wildman–Crippen LogP) is 5.26. The van der Waals surface area contributed by atoms with Gasteiger partial charge in [-0.3, -0.25) is 4.99 Å².